The molecule has 0 saturated heterocycles. The zero-order valence-electron chi connectivity index (χ0n) is 15.2. The summed E-state index contributed by atoms with van der Waals surface area (Å²) >= 11 is 0. The number of nitrogens with one attached hydrogen (secondary N) is 1. The number of rotatable bonds is 7. The normalized spacial score (nSPS) is 11.9. The van der Waals surface area contributed by atoms with Crippen LogP contribution in [0, 0.1) is 0 Å². The SMILES string of the molecule is O=C(NC(Cn1ccnc1)Cn1cncn1)c1ccc(-c2ccccc2)cc1. The Labute approximate surface area is 162 Å². The van der Waals surface area contributed by atoms with Gasteiger partial charge in [-0.2, -0.15) is 5.10 Å². The van der Waals surface area contributed by atoms with Crippen LogP contribution < -0.4 is 5.32 Å². The molecular weight excluding hydrogens is 352 g/mol. The van der Waals surface area contributed by atoms with E-state index in [0.29, 0.717) is 18.7 Å². The van der Waals surface area contributed by atoms with Crippen LogP contribution in [-0.2, 0) is 13.1 Å². The summed E-state index contributed by atoms with van der Waals surface area (Å²) in [6, 6.07) is 17.6. The molecule has 0 aliphatic carbocycles. The number of carbonyl (C=O) groups excluding carboxylic acids is 1. The van der Waals surface area contributed by atoms with E-state index < -0.39 is 0 Å². The predicted octanol–water partition coefficient (Wildman–Crippen LogP) is 2.64. The first-order chi connectivity index (χ1) is 13.8. The van der Waals surface area contributed by atoms with Crippen molar-refractivity contribution in [3.63, 3.8) is 0 Å². The number of nitrogens with zero attached hydrogens (tertiary/aromatic N) is 5. The van der Waals surface area contributed by atoms with Crippen LogP contribution in [0.15, 0.2) is 86.0 Å². The van der Waals surface area contributed by atoms with E-state index in [2.05, 4.69) is 20.4 Å². The minimum atomic E-state index is -0.155. The Kier molecular flexibility index (Phi) is 5.24. The summed E-state index contributed by atoms with van der Waals surface area (Å²) in [6.07, 6.45) is 8.45. The Hall–Kier alpha value is -3.74. The van der Waals surface area contributed by atoms with Crippen LogP contribution in [-0.4, -0.2) is 36.3 Å². The van der Waals surface area contributed by atoms with E-state index in [0.717, 1.165) is 11.1 Å². The molecule has 0 radical (unpaired) electrons. The largest absolute Gasteiger partial charge is 0.346 e. The van der Waals surface area contributed by atoms with Crippen molar-refractivity contribution in [3.05, 3.63) is 91.5 Å². The fourth-order valence-corrected chi connectivity index (χ4v) is 3.06. The third kappa shape index (κ3) is 4.32. The molecule has 0 spiro atoms. The summed E-state index contributed by atoms with van der Waals surface area (Å²) in [7, 11) is 0. The van der Waals surface area contributed by atoms with Crippen LogP contribution in [0.2, 0.25) is 0 Å². The lowest BCUT2D eigenvalue weighted by molar-refractivity contribution is 0.0927. The molecule has 0 fully saturated rings. The molecule has 1 atom stereocenters. The molecule has 2 heterocycles. The highest BCUT2D eigenvalue weighted by Crippen LogP contribution is 2.19. The first-order valence-corrected chi connectivity index (χ1v) is 9.02. The third-order valence-electron chi connectivity index (χ3n) is 4.45. The van der Waals surface area contributed by atoms with Crippen LogP contribution in [0.3, 0.4) is 0 Å². The van der Waals surface area contributed by atoms with Crippen molar-refractivity contribution in [3.8, 4) is 11.1 Å². The Morgan fingerprint density at radius 3 is 2.39 bits per heavy atom. The van der Waals surface area contributed by atoms with Crippen LogP contribution >= 0.6 is 0 Å². The van der Waals surface area contributed by atoms with E-state index in [-0.39, 0.29) is 11.9 Å². The summed E-state index contributed by atoms with van der Waals surface area (Å²) < 4.78 is 3.64. The van der Waals surface area contributed by atoms with Gasteiger partial charge in [-0.05, 0) is 23.3 Å². The van der Waals surface area contributed by atoms with Crippen LogP contribution in [0.25, 0.3) is 11.1 Å². The van der Waals surface area contributed by atoms with Gasteiger partial charge in [-0.3, -0.25) is 9.48 Å². The van der Waals surface area contributed by atoms with E-state index in [9.17, 15) is 4.79 Å². The van der Waals surface area contributed by atoms with E-state index in [4.69, 9.17) is 0 Å². The standard InChI is InChI=1S/C21H20N6O/c28-21(19-8-6-18(7-9-19)17-4-2-1-3-5-17)25-20(12-26-11-10-22-15-26)13-27-16-23-14-24-27/h1-11,14-16,20H,12-13H2,(H,25,28). The highest BCUT2D eigenvalue weighted by Gasteiger charge is 2.16. The zero-order chi connectivity index (χ0) is 19.2. The molecule has 140 valence electrons. The minimum absolute atomic E-state index is 0.121. The number of benzene rings is 2. The molecule has 4 aromatic rings. The maximum Gasteiger partial charge on any atom is 0.251 e. The molecule has 1 N–H and O–H groups in total. The Balaban J connectivity index is 1.47. The Morgan fingerprint density at radius 1 is 0.929 bits per heavy atom. The molecule has 2 aromatic carbocycles. The van der Waals surface area contributed by atoms with Gasteiger partial charge in [0.25, 0.3) is 5.91 Å². The van der Waals surface area contributed by atoms with E-state index in [1.165, 1.54) is 6.33 Å². The number of amides is 1. The minimum Gasteiger partial charge on any atom is -0.346 e. The van der Waals surface area contributed by atoms with E-state index in [1.54, 1.807) is 23.5 Å². The molecule has 0 aliphatic rings. The fourth-order valence-electron chi connectivity index (χ4n) is 3.06. The zero-order valence-corrected chi connectivity index (χ0v) is 15.2. The smallest absolute Gasteiger partial charge is 0.251 e. The highest BCUT2D eigenvalue weighted by molar-refractivity contribution is 5.94. The second-order valence-electron chi connectivity index (χ2n) is 6.49. The molecule has 0 saturated carbocycles. The summed E-state index contributed by atoms with van der Waals surface area (Å²) in [4.78, 5) is 20.8. The van der Waals surface area contributed by atoms with Crippen LogP contribution in [0.5, 0.6) is 0 Å². The predicted molar refractivity (Wildman–Crippen MR) is 105 cm³/mol. The van der Waals surface area contributed by atoms with Gasteiger partial charge in [-0.1, -0.05) is 42.5 Å². The van der Waals surface area contributed by atoms with Crippen LogP contribution in [0.4, 0.5) is 0 Å². The lowest BCUT2D eigenvalue weighted by Crippen LogP contribution is -2.41. The number of imidazole rings is 1. The van der Waals surface area contributed by atoms with Gasteiger partial charge in [0.15, 0.2) is 0 Å². The summed E-state index contributed by atoms with van der Waals surface area (Å²) in [5.74, 6) is -0.121. The topological polar surface area (TPSA) is 77.6 Å². The number of aromatic nitrogens is 5. The number of hydrogen-bond donors (Lipinski definition) is 1. The van der Waals surface area contributed by atoms with E-state index in [1.807, 2.05) is 65.4 Å². The van der Waals surface area contributed by atoms with Gasteiger partial charge in [-0.15, -0.1) is 0 Å². The van der Waals surface area contributed by atoms with Gasteiger partial charge in [0.2, 0.25) is 0 Å². The highest BCUT2D eigenvalue weighted by atomic mass is 16.1. The van der Waals surface area contributed by atoms with Crippen molar-refractivity contribution in [1.82, 2.24) is 29.6 Å². The number of hydrogen-bond acceptors (Lipinski definition) is 4. The summed E-state index contributed by atoms with van der Waals surface area (Å²) in [5, 5.41) is 7.23. The molecule has 7 nitrogen and oxygen atoms in total. The van der Waals surface area contributed by atoms with Crippen molar-refractivity contribution in [2.24, 2.45) is 0 Å². The molecule has 0 bridgehead atoms. The van der Waals surface area contributed by atoms with Gasteiger partial charge in [0.05, 0.1) is 18.9 Å². The van der Waals surface area contributed by atoms with Gasteiger partial charge in [0, 0.05) is 24.5 Å². The lowest BCUT2D eigenvalue weighted by atomic mass is 10.0. The van der Waals surface area contributed by atoms with Crippen molar-refractivity contribution in [2.45, 2.75) is 19.1 Å². The Bertz CT molecular complexity index is 959. The lowest BCUT2D eigenvalue weighted by Gasteiger charge is -2.19. The molecule has 7 heteroatoms. The first kappa shape index (κ1) is 17.7. The number of carbonyl (C=O) groups is 1. The quantitative estimate of drug-likeness (QED) is 0.541. The molecular formula is C21H20N6O. The van der Waals surface area contributed by atoms with Gasteiger partial charge >= 0.3 is 0 Å². The summed E-state index contributed by atoms with van der Waals surface area (Å²) in [5.41, 5.74) is 2.82. The van der Waals surface area contributed by atoms with Crippen molar-refractivity contribution >= 4 is 5.91 Å². The fraction of sp³-hybridized carbons (Fsp3) is 0.143. The monoisotopic (exact) mass is 372 g/mol. The summed E-state index contributed by atoms with van der Waals surface area (Å²) in [6.45, 7) is 1.11. The molecule has 1 amide bonds. The molecule has 4 rings (SSSR count). The third-order valence-corrected chi connectivity index (χ3v) is 4.45. The van der Waals surface area contributed by atoms with Crippen molar-refractivity contribution in [1.29, 1.82) is 0 Å². The van der Waals surface area contributed by atoms with Gasteiger partial charge in [-0.25, -0.2) is 9.97 Å². The molecule has 2 aromatic heterocycles. The maximum atomic E-state index is 12.8. The molecule has 28 heavy (non-hydrogen) atoms. The second kappa shape index (κ2) is 8.30. The van der Waals surface area contributed by atoms with Gasteiger partial charge < -0.3 is 9.88 Å². The maximum absolute atomic E-state index is 12.8. The average molecular weight is 372 g/mol. The average Bonchev–Trinajstić information content (AvgIpc) is 3.43. The van der Waals surface area contributed by atoms with Crippen molar-refractivity contribution < 1.29 is 4.79 Å². The van der Waals surface area contributed by atoms with Crippen LogP contribution in [0.1, 0.15) is 10.4 Å². The van der Waals surface area contributed by atoms with Crippen molar-refractivity contribution in [2.75, 3.05) is 0 Å². The van der Waals surface area contributed by atoms with Gasteiger partial charge in [0.1, 0.15) is 12.7 Å². The second-order valence-corrected chi connectivity index (χ2v) is 6.49. The Morgan fingerprint density at radius 2 is 1.71 bits per heavy atom. The first-order valence-electron chi connectivity index (χ1n) is 9.02. The molecule has 0 aliphatic heterocycles. The van der Waals surface area contributed by atoms with E-state index >= 15 is 0 Å². The molecule has 1 unspecified atom stereocenters.